The number of benzene rings is 3. The second kappa shape index (κ2) is 8.96. The van der Waals surface area contributed by atoms with Crippen LogP contribution in [0.4, 0.5) is 11.5 Å². The highest BCUT2D eigenvalue weighted by Crippen LogP contribution is 2.24. The Hall–Kier alpha value is -4.39. The molecule has 0 unspecified atom stereocenters. The summed E-state index contributed by atoms with van der Waals surface area (Å²) in [5.74, 6) is 1.10. The van der Waals surface area contributed by atoms with E-state index in [1.54, 1.807) is 19.1 Å². The highest BCUT2D eigenvalue weighted by molar-refractivity contribution is 5.99. The van der Waals surface area contributed by atoms with Gasteiger partial charge in [0.15, 0.2) is 11.6 Å². The van der Waals surface area contributed by atoms with Crippen molar-refractivity contribution >= 4 is 17.2 Å². The number of nitro groups is 1. The number of non-ortho nitro benzene ring substituents is 1. The second-order valence-electron chi connectivity index (χ2n) is 6.81. The number of nitrogens with zero attached hydrogens (tertiary/aromatic N) is 4. The van der Waals surface area contributed by atoms with E-state index in [9.17, 15) is 10.1 Å². The standard InChI is InChI=1S/C24H19N5O2/c1-17(20-13-8-14-21(15-20)29(30)31)27-28-23-16-22(18-9-4-2-5-10-18)25-24(26-23)19-11-6-3-7-12-19/h2-16H,1H3,(H,25,26,28). The fraction of sp³-hybridized carbons (Fsp3) is 0.0417. The van der Waals surface area contributed by atoms with E-state index in [0.717, 1.165) is 16.8 Å². The molecule has 0 spiro atoms. The van der Waals surface area contributed by atoms with Gasteiger partial charge in [0.1, 0.15) is 0 Å². The van der Waals surface area contributed by atoms with Crippen LogP contribution in [0.15, 0.2) is 96.1 Å². The quantitative estimate of drug-likeness (QED) is 0.256. The first-order chi connectivity index (χ1) is 15.1. The second-order valence-corrected chi connectivity index (χ2v) is 6.81. The van der Waals surface area contributed by atoms with Gasteiger partial charge in [-0.15, -0.1) is 0 Å². The van der Waals surface area contributed by atoms with Gasteiger partial charge < -0.3 is 0 Å². The Balaban J connectivity index is 1.70. The Morgan fingerprint density at radius 2 is 1.55 bits per heavy atom. The van der Waals surface area contributed by atoms with E-state index >= 15 is 0 Å². The van der Waals surface area contributed by atoms with Crippen LogP contribution in [0.1, 0.15) is 12.5 Å². The zero-order chi connectivity index (χ0) is 21.6. The van der Waals surface area contributed by atoms with Gasteiger partial charge in [-0.25, -0.2) is 9.97 Å². The summed E-state index contributed by atoms with van der Waals surface area (Å²) in [5.41, 5.74) is 6.87. The van der Waals surface area contributed by atoms with E-state index < -0.39 is 4.92 Å². The topological polar surface area (TPSA) is 93.3 Å². The van der Waals surface area contributed by atoms with E-state index in [4.69, 9.17) is 4.98 Å². The Morgan fingerprint density at radius 1 is 0.871 bits per heavy atom. The summed E-state index contributed by atoms with van der Waals surface area (Å²) in [7, 11) is 0. The summed E-state index contributed by atoms with van der Waals surface area (Å²) >= 11 is 0. The minimum atomic E-state index is -0.424. The van der Waals surface area contributed by atoms with Crippen LogP contribution in [-0.4, -0.2) is 20.6 Å². The molecule has 0 aliphatic heterocycles. The lowest BCUT2D eigenvalue weighted by molar-refractivity contribution is -0.384. The van der Waals surface area contributed by atoms with Gasteiger partial charge in [0.05, 0.1) is 16.3 Å². The van der Waals surface area contributed by atoms with Crippen LogP contribution in [0.25, 0.3) is 22.6 Å². The SMILES string of the molecule is CC(=NNc1cc(-c2ccccc2)nc(-c2ccccc2)n1)c1cccc([N+](=O)[O-])c1. The fourth-order valence-electron chi connectivity index (χ4n) is 3.03. The largest absolute Gasteiger partial charge is 0.270 e. The molecule has 152 valence electrons. The Kier molecular flexibility index (Phi) is 5.75. The molecule has 0 aliphatic rings. The number of rotatable bonds is 6. The summed E-state index contributed by atoms with van der Waals surface area (Å²) in [6, 6.07) is 27.7. The van der Waals surface area contributed by atoms with Gasteiger partial charge in [0.2, 0.25) is 0 Å². The molecular weight excluding hydrogens is 390 g/mol. The molecule has 0 saturated carbocycles. The molecule has 1 aromatic heterocycles. The van der Waals surface area contributed by atoms with Gasteiger partial charge >= 0.3 is 0 Å². The maximum Gasteiger partial charge on any atom is 0.270 e. The van der Waals surface area contributed by atoms with E-state index in [1.807, 2.05) is 66.7 Å². The lowest BCUT2D eigenvalue weighted by Crippen LogP contribution is -2.03. The fourth-order valence-corrected chi connectivity index (χ4v) is 3.03. The summed E-state index contributed by atoms with van der Waals surface area (Å²) in [6.45, 7) is 1.78. The number of nitro benzene ring substituents is 1. The van der Waals surface area contributed by atoms with Crippen LogP contribution < -0.4 is 5.43 Å². The van der Waals surface area contributed by atoms with Crippen molar-refractivity contribution in [2.45, 2.75) is 6.92 Å². The third-order valence-electron chi connectivity index (χ3n) is 4.64. The lowest BCUT2D eigenvalue weighted by atomic mass is 10.1. The Bertz CT molecular complexity index is 1180. The molecule has 1 heterocycles. The monoisotopic (exact) mass is 409 g/mol. The van der Waals surface area contributed by atoms with Gasteiger partial charge in [0, 0.05) is 34.9 Å². The van der Waals surface area contributed by atoms with E-state index in [0.29, 0.717) is 22.9 Å². The van der Waals surface area contributed by atoms with Crippen LogP contribution in [0.3, 0.4) is 0 Å². The van der Waals surface area contributed by atoms with Crippen LogP contribution >= 0.6 is 0 Å². The summed E-state index contributed by atoms with van der Waals surface area (Å²) in [6.07, 6.45) is 0. The third kappa shape index (κ3) is 4.79. The lowest BCUT2D eigenvalue weighted by Gasteiger charge is -2.09. The van der Waals surface area contributed by atoms with Gasteiger partial charge in [-0.1, -0.05) is 72.8 Å². The molecule has 0 saturated heterocycles. The predicted octanol–water partition coefficient (Wildman–Crippen LogP) is 5.55. The average Bonchev–Trinajstić information content (AvgIpc) is 2.83. The minimum absolute atomic E-state index is 0.0202. The van der Waals surface area contributed by atoms with Crippen LogP contribution in [0.5, 0.6) is 0 Å². The van der Waals surface area contributed by atoms with Gasteiger partial charge in [0.25, 0.3) is 5.69 Å². The molecule has 4 aromatic rings. The van der Waals surface area contributed by atoms with Gasteiger partial charge in [-0.05, 0) is 6.92 Å². The Labute approximate surface area is 179 Å². The maximum absolute atomic E-state index is 11.0. The van der Waals surface area contributed by atoms with Crippen molar-refractivity contribution in [3.8, 4) is 22.6 Å². The first kappa shape index (κ1) is 19.9. The zero-order valence-electron chi connectivity index (χ0n) is 16.8. The molecule has 4 rings (SSSR count). The molecule has 0 radical (unpaired) electrons. The number of hydrogen-bond donors (Lipinski definition) is 1. The molecule has 7 heteroatoms. The summed E-state index contributed by atoms with van der Waals surface area (Å²) in [5, 5.41) is 15.4. The van der Waals surface area contributed by atoms with Crippen molar-refractivity contribution in [2.24, 2.45) is 5.10 Å². The highest BCUT2D eigenvalue weighted by Gasteiger charge is 2.10. The summed E-state index contributed by atoms with van der Waals surface area (Å²) < 4.78 is 0. The van der Waals surface area contributed by atoms with E-state index in [2.05, 4.69) is 15.5 Å². The molecule has 31 heavy (non-hydrogen) atoms. The molecular formula is C24H19N5O2. The smallest absolute Gasteiger partial charge is 0.261 e. The summed E-state index contributed by atoms with van der Waals surface area (Å²) in [4.78, 5) is 19.9. The highest BCUT2D eigenvalue weighted by atomic mass is 16.6. The van der Waals surface area contributed by atoms with E-state index in [-0.39, 0.29) is 5.69 Å². The number of hydrazone groups is 1. The van der Waals surface area contributed by atoms with Crippen LogP contribution in [0.2, 0.25) is 0 Å². The average molecular weight is 409 g/mol. The van der Waals surface area contributed by atoms with Crippen molar-refractivity contribution in [1.29, 1.82) is 0 Å². The molecule has 0 aliphatic carbocycles. The van der Waals surface area contributed by atoms with E-state index in [1.165, 1.54) is 12.1 Å². The minimum Gasteiger partial charge on any atom is -0.261 e. The molecule has 1 N–H and O–H groups in total. The van der Waals surface area contributed by atoms with Gasteiger partial charge in [-0.3, -0.25) is 15.5 Å². The first-order valence-corrected chi connectivity index (χ1v) is 9.65. The first-order valence-electron chi connectivity index (χ1n) is 9.65. The molecule has 0 fully saturated rings. The molecule has 0 atom stereocenters. The van der Waals surface area contributed by atoms with Crippen molar-refractivity contribution < 1.29 is 4.92 Å². The number of anilines is 1. The maximum atomic E-state index is 11.0. The van der Waals surface area contributed by atoms with Crippen molar-refractivity contribution in [3.05, 3.63) is 107 Å². The molecule has 7 nitrogen and oxygen atoms in total. The van der Waals surface area contributed by atoms with Crippen molar-refractivity contribution in [3.63, 3.8) is 0 Å². The number of nitrogens with one attached hydrogen (secondary N) is 1. The number of hydrogen-bond acceptors (Lipinski definition) is 6. The Morgan fingerprint density at radius 3 is 2.23 bits per heavy atom. The predicted molar refractivity (Wildman–Crippen MR) is 122 cm³/mol. The molecule has 3 aromatic carbocycles. The third-order valence-corrected chi connectivity index (χ3v) is 4.64. The van der Waals surface area contributed by atoms with Crippen LogP contribution in [0, 0.1) is 10.1 Å². The van der Waals surface area contributed by atoms with Crippen molar-refractivity contribution in [2.75, 3.05) is 5.43 Å². The van der Waals surface area contributed by atoms with Crippen LogP contribution in [-0.2, 0) is 0 Å². The molecule has 0 amide bonds. The van der Waals surface area contributed by atoms with Gasteiger partial charge in [-0.2, -0.15) is 5.10 Å². The van der Waals surface area contributed by atoms with Crippen molar-refractivity contribution in [1.82, 2.24) is 9.97 Å². The molecule has 0 bridgehead atoms. The number of aromatic nitrogens is 2. The normalized spacial score (nSPS) is 11.2. The zero-order valence-corrected chi connectivity index (χ0v) is 16.8.